The van der Waals surface area contributed by atoms with Crippen LogP contribution < -0.4 is 5.32 Å². The number of ether oxygens (including phenoxy) is 1. The van der Waals surface area contributed by atoms with Gasteiger partial charge in [0.05, 0.1) is 13.2 Å². The van der Waals surface area contributed by atoms with Crippen LogP contribution in [0.4, 0.5) is 0 Å². The Hall–Kier alpha value is -1.83. The van der Waals surface area contributed by atoms with E-state index in [1.165, 1.54) is 9.80 Å². The van der Waals surface area contributed by atoms with Crippen molar-refractivity contribution in [2.24, 2.45) is 10.4 Å². The minimum atomic E-state index is -0.0636. The molecule has 0 aromatic carbocycles. The van der Waals surface area contributed by atoms with Gasteiger partial charge < -0.3 is 24.8 Å². The molecule has 8 nitrogen and oxygen atoms in total. The lowest BCUT2D eigenvalue weighted by molar-refractivity contribution is -0.127. The van der Waals surface area contributed by atoms with E-state index < -0.39 is 0 Å². The van der Waals surface area contributed by atoms with Gasteiger partial charge in [0.15, 0.2) is 5.96 Å². The van der Waals surface area contributed by atoms with E-state index in [0.717, 1.165) is 39.1 Å². The zero-order valence-corrected chi connectivity index (χ0v) is 15.2. The van der Waals surface area contributed by atoms with E-state index in [4.69, 9.17) is 4.74 Å². The van der Waals surface area contributed by atoms with Gasteiger partial charge in [0, 0.05) is 53.3 Å². The average Bonchev–Trinajstić information content (AvgIpc) is 3.17. The Bertz CT molecular complexity index is 498. The molecule has 1 spiro atoms. The summed E-state index contributed by atoms with van der Waals surface area (Å²) in [6, 6.07) is 0. The van der Waals surface area contributed by atoms with E-state index in [9.17, 15) is 9.59 Å². The van der Waals surface area contributed by atoms with Gasteiger partial charge in [-0.3, -0.25) is 9.59 Å². The third-order valence-electron chi connectivity index (χ3n) is 4.68. The number of aliphatic imine (C=N–C) groups is 1. The van der Waals surface area contributed by atoms with Gasteiger partial charge in [-0.15, -0.1) is 0 Å². The number of carbonyl (C=O) groups excluding carboxylic acids is 2. The van der Waals surface area contributed by atoms with E-state index in [-0.39, 0.29) is 30.3 Å². The molecule has 1 N–H and O–H groups in total. The first-order valence-corrected chi connectivity index (χ1v) is 8.34. The topological polar surface area (TPSA) is 77.5 Å². The van der Waals surface area contributed by atoms with Crippen molar-refractivity contribution in [3.8, 4) is 0 Å². The van der Waals surface area contributed by atoms with Crippen molar-refractivity contribution < 1.29 is 14.3 Å². The number of likely N-dealkylation sites (tertiary alicyclic amines) is 1. The first-order valence-electron chi connectivity index (χ1n) is 8.34. The second-order valence-electron chi connectivity index (χ2n) is 7.04. The molecule has 2 rings (SSSR count). The van der Waals surface area contributed by atoms with Crippen LogP contribution in [0.1, 0.15) is 12.8 Å². The smallest absolute Gasteiger partial charge is 0.243 e. The first kappa shape index (κ1) is 18.5. The van der Waals surface area contributed by atoms with Gasteiger partial charge >= 0.3 is 0 Å². The third-order valence-corrected chi connectivity index (χ3v) is 4.68. The second kappa shape index (κ2) is 7.83. The molecule has 0 aromatic rings. The van der Waals surface area contributed by atoms with Crippen molar-refractivity contribution in [3.05, 3.63) is 0 Å². The van der Waals surface area contributed by atoms with E-state index in [0.29, 0.717) is 5.96 Å². The molecule has 2 amide bonds. The number of amides is 2. The number of carbonyl (C=O) groups is 2. The predicted octanol–water partition coefficient (Wildman–Crippen LogP) is -0.779. The number of nitrogens with zero attached hydrogens (tertiary/aromatic N) is 4. The van der Waals surface area contributed by atoms with Gasteiger partial charge in [-0.2, -0.15) is 0 Å². The molecular formula is C16H29N5O3. The molecule has 1 unspecified atom stereocenters. The molecule has 1 atom stereocenters. The van der Waals surface area contributed by atoms with Crippen molar-refractivity contribution in [2.45, 2.75) is 12.8 Å². The molecule has 0 saturated carbocycles. The fraction of sp³-hybridized carbons (Fsp3) is 0.812. The molecule has 136 valence electrons. The van der Waals surface area contributed by atoms with Gasteiger partial charge in [0.1, 0.15) is 6.54 Å². The van der Waals surface area contributed by atoms with Crippen molar-refractivity contribution in [2.75, 3.05) is 67.6 Å². The van der Waals surface area contributed by atoms with E-state index in [1.807, 2.05) is 0 Å². The molecule has 24 heavy (non-hydrogen) atoms. The summed E-state index contributed by atoms with van der Waals surface area (Å²) >= 11 is 0. The van der Waals surface area contributed by atoms with Crippen LogP contribution in [0, 0.1) is 5.41 Å². The molecule has 0 bridgehead atoms. The molecule has 2 saturated heterocycles. The van der Waals surface area contributed by atoms with E-state index in [2.05, 4.69) is 15.2 Å². The normalized spacial score (nSPS) is 23.7. The summed E-state index contributed by atoms with van der Waals surface area (Å²) in [4.78, 5) is 33.3. The molecule has 8 heteroatoms. The summed E-state index contributed by atoms with van der Waals surface area (Å²) in [5.41, 5.74) is 0.194. The monoisotopic (exact) mass is 339 g/mol. The average molecular weight is 339 g/mol. The fourth-order valence-electron chi connectivity index (χ4n) is 2.95. The molecular weight excluding hydrogens is 310 g/mol. The van der Waals surface area contributed by atoms with Crippen LogP contribution in [0.3, 0.4) is 0 Å². The summed E-state index contributed by atoms with van der Waals surface area (Å²) in [6.07, 6.45) is 2.11. The van der Waals surface area contributed by atoms with Crippen LogP contribution in [0.25, 0.3) is 0 Å². The molecule has 2 aliphatic heterocycles. The SMILES string of the molecule is CN(C)C(=O)CN=C(NCC(=O)N(C)C)N1CCC2(CCOC2)C1. The number of rotatable bonds is 4. The number of hydrogen-bond acceptors (Lipinski definition) is 4. The molecule has 0 radical (unpaired) electrons. The number of likely N-dealkylation sites (N-methyl/N-ethyl adjacent to an activating group) is 2. The molecule has 0 aromatic heterocycles. The van der Waals surface area contributed by atoms with E-state index >= 15 is 0 Å². The highest BCUT2D eigenvalue weighted by Gasteiger charge is 2.42. The summed E-state index contributed by atoms with van der Waals surface area (Å²) in [6.45, 7) is 3.55. The first-order chi connectivity index (χ1) is 11.3. The lowest BCUT2D eigenvalue weighted by Crippen LogP contribution is -2.45. The van der Waals surface area contributed by atoms with E-state index in [1.54, 1.807) is 28.2 Å². The zero-order chi connectivity index (χ0) is 17.7. The van der Waals surface area contributed by atoms with Crippen LogP contribution in [0.2, 0.25) is 0 Å². The van der Waals surface area contributed by atoms with Crippen molar-refractivity contribution in [1.29, 1.82) is 0 Å². The summed E-state index contributed by atoms with van der Waals surface area (Å²) in [7, 11) is 6.86. The van der Waals surface area contributed by atoms with Crippen molar-refractivity contribution in [1.82, 2.24) is 20.0 Å². The lowest BCUT2D eigenvalue weighted by atomic mass is 9.87. The van der Waals surface area contributed by atoms with Gasteiger partial charge in [-0.25, -0.2) is 4.99 Å². The van der Waals surface area contributed by atoms with Crippen LogP contribution in [-0.4, -0.2) is 100 Å². The fourth-order valence-corrected chi connectivity index (χ4v) is 2.95. The number of nitrogens with one attached hydrogen (secondary N) is 1. The molecule has 2 fully saturated rings. The second-order valence-corrected chi connectivity index (χ2v) is 7.04. The highest BCUT2D eigenvalue weighted by atomic mass is 16.5. The van der Waals surface area contributed by atoms with Crippen LogP contribution in [0.5, 0.6) is 0 Å². The third kappa shape index (κ3) is 4.59. The standard InChI is InChI=1S/C16H29N5O3/c1-19(2)13(22)9-17-15(18-10-14(23)20(3)4)21-7-5-16(11-21)6-8-24-12-16/h5-12H2,1-4H3,(H,17,18). The minimum Gasteiger partial charge on any atom is -0.381 e. The lowest BCUT2D eigenvalue weighted by Gasteiger charge is -2.25. The maximum absolute atomic E-state index is 11.9. The zero-order valence-electron chi connectivity index (χ0n) is 15.2. The van der Waals surface area contributed by atoms with Crippen molar-refractivity contribution in [3.63, 3.8) is 0 Å². The molecule has 2 aliphatic rings. The Morgan fingerprint density at radius 2 is 1.88 bits per heavy atom. The maximum atomic E-state index is 11.9. The Labute approximate surface area is 143 Å². The van der Waals surface area contributed by atoms with Crippen LogP contribution in [0.15, 0.2) is 4.99 Å². The van der Waals surface area contributed by atoms with Gasteiger partial charge in [-0.1, -0.05) is 0 Å². The summed E-state index contributed by atoms with van der Waals surface area (Å²) in [5, 5.41) is 3.12. The number of hydrogen-bond donors (Lipinski definition) is 1. The Morgan fingerprint density at radius 1 is 1.17 bits per heavy atom. The van der Waals surface area contributed by atoms with Crippen molar-refractivity contribution >= 4 is 17.8 Å². The Kier molecular flexibility index (Phi) is 6.04. The minimum absolute atomic E-state index is 0.0280. The van der Waals surface area contributed by atoms with Crippen LogP contribution in [-0.2, 0) is 14.3 Å². The predicted molar refractivity (Wildman–Crippen MR) is 91.8 cm³/mol. The molecule has 0 aliphatic carbocycles. The number of guanidine groups is 1. The van der Waals surface area contributed by atoms with Gasteiger partial charge in [-0.05, 0) is 12.8 Å². The highest BCUT2D eigenvalue weighted by molar-refractivity contribution is 5.88. The maximum Gasteiger partial charge on any atom is 0.243 e. The summed E-state index contributed by atoms with van der Waals surface area (Å²) < 4.78 is 5.56. The van der Waals surface area contributed by atoms with Gasteiger partial charge in [0.2, 0.25) is 11.8 Å². The quantitative estimate of drug-likeness (QED) is 0.537. The highest BCUT2D eigenvalue weighted by Crippen LogP contribution is 2.38. The van der Waals surface area contributed by atoms with Crippen LogP contribution >= 0.6 is 0 Å². The Balaban J connectivity index is 2.03. The summed E-state index contributed by atoms with van der Waals surface area (Å²) in [5.74, 6) is 0.537. The largest absolute Gasteiger partial charge is 0.381 e. The molecule has 2 heterocycles. The van der Waals surface area contributed by atoms with Gasteiger partial charge in [0.25, 0.3) is 0 Å². The Morgan fingerprint density at radius 3 is 2.46 bits per heavy atom.